The molecule has 0 spiro atoms. The molecule has 1 atom stereocenters. The number of aromatic nitrogens is 1. The molecule has 1 saturated heterocycles. The van der Waals surface area contributed by atoms with Crippen molar-refractivity contribution in [1.82, 2.24) is 4.57 Å². The number of anilines is 1. The first kappa shape index (κ1) is 21.2. The maximum absolute atomic E-state index is 13.2. The number of amides is 1. The van der Waals surface area contributed by atoms with E-state index in [0.29, 0.717) is 28.8 Å². The van der Waals surface area contributed by atoms with Gasteiger partial charge in [0.2, 0.25) is 5.91 Å². The van der Waals surface area contributed by atoms with Crippen LogP contribution in [0.15, 0.2) is 71.5 Å². The van der Waals surface area contributed by atoms with E-state index in [-0.39, 0.29) is 24.0 Å². The minimum absolute atomic E-state index is 0.0267. The Hall–Kier alpha value is -3.64. The Balaban J connectivity index is 1.44. The fraction of sp³-hybridized carbons (Fsp3) is 0.259. The summed E-state index contributed by atoms with van der Waals surface area (Å²) >= 11 is 0. The van der Waals surface area contributed by atoms with Gasteiger partial charge in [0, 0.05) is 17.4 Å². The Morgan fingerprint density at radius 1 is 1.06 bits per heavy atom. The van der Waals surface area contributed by atoms with Crippen LogP contribution in [0.25, 0.3) is 21.8 Å². The van der Waals surface area contributed by atoms with Crippen molar-refractivity contribution in [3.63, 3.8) is 0 Å². The quantitative estimate of drug-likeness (QED) is 0.441. The van der Waals surface area contributed by atoms with Gasteiger partial charge >= 0.3 is 0 Å². The number of para-hydroxylation sites is 2. The molecule has 2 heterocycles. The monoisotopic (exact) mass is 442 g/mol. The van der Waals surface area contributed by atoms with E-state index in [4.69, 9.17) is 9.47 Å². The normalized spacial score (nSPS) is 15.7. The molecule has 1 N–H and O–H groups in total. The maximum Gasteiger partial charge on any atom is 0.244 e. The predicted octanol–water partition coefficient (Wildman–Crippen LogP) is 4.66. The Morgan fingerprint density at radius 2 is 1.76 bits per heavy atom. The van der Waals surface area contributed by atoms with E-state index >= 15 is 0 Å². The standard InChI is InChI=1S/C27H26N2O4/c1-18-12-13-22(25(15-18)33-17-19-7-6-14-32-19)28-26(30)16-29-23-10-4-2-8-20(23)27(31)21-9-3-5-11-24(21)29/h2-5,8-13,15,19H,6-7,14,16-17H2,1H3,(H,28,30). The van der Waals surface area contributed by atoms with Gasteiger partial charge in [0.1, 0.15) is 18.9 Å². The van der Waals surface area contributed by atoms with Crippen LogP contribution in [-0.2, 0) is 16.1 Å². The lowest BCUT2D eigenvalue weighted by molar-refractivity contribution is -0.116. The lowest BCUT2D eigenvalue weighted by Gasteiger charge is -2.18. The molecule has 33 heavy (non-hydrogen) atoms. The first-order valence-corrected chi connectivity index (χ1v) is 11.3. The zero-order valence-electron chi connectivity index (χ0n) is 18.5. The molecular formula is C27H26N2O4. The molecule has 1 unspecified atom stereocenters. The van der Waals surface area contributed by atoms with Crippen molar-refractivity contribution in [3.05, 3.63) is 82.5 Å². The molecule has 1 aliphatic rings. The van der Waals surface area contributed by atoms with Crippen LogP contribution < -0.4 is 15.5 Å². The second kappa shape index (κ2) is 9.08. The molecule has 0 aliphatic carbocycles. The molecule has 3 aromatic carbocycles. The second-order valence-corrected chi connectivity index (χ2v) is 8.44. The molecule has 1 amide bonds. The lowest BCUT2D eigenvalue weighted by atomic mass is 10.1. The number of nitrogens with zero attached hydrogens (tertiary/aromatic N) is 1. The highest BCUT2D eigenvalue weighted by Crippen LogP contribution is 2.27. The van der Waals surface area contributed by atoms with Crippen LogP contribution >= 0.6 is 0 Å². The summed E-state index contributed by atoms with van der Waals surface area (Å²) < 4.78 is 13.6. The van der Waals surface area contributed by atoms with Crippen LogP contribution in [0, 0.1) is 6.92 Å². The summed E-state index contributed by atoms with van der Waals surface area (Å²) in [7, 11) is 0. The SMILES string of the molecule is Cc1ccc(NC(=O)Cn2c3ccccc3c(=O)c3ccccc32)c(OCC2CCCO2)c1. The Bertz CT molecular complexity index is 1330. The van der Waals surface area contributed by atoms with Gasteiger partial charge in [0.25, 0.3) is 0 Å². The van der Waals surface area contributed by atoms with Crippen LogP contribution in [0.3, 0.4) is 0 Å². The first-order chi connectivity index (χ1) is 16.1. The largest absolute Gasteiger partial charge is 0.489 e. The van der Waals surface area contributed by atoms with Crippen molar-refractivity contribution >= 4 is 33.4 Å². The Labute approximate surface area is 191 Å². The number of ether oxygens (including phenoxy) is 2. The smallest absolute Gasteiger partial charge is 0.244 e. The van der Waals surface area contributed by atoms with Crippen molar-refractivity contribution in [2.45, 2.75) is 32.4 Å². The maximum atomic E-state index is 13.2. The van der Waals surface area contributed by atoms with Gasteiger partial charge in [-0.15, -0.1) is 0 Å². The molecular weight excluding hydrogens is 416 g/mol. The Morgan fingerprint density at radius 3 is 2.42 bits per heavy atom. The minimum atomic E-state index is -0.195. The first-order valence-electron chi connectivity index (χ1n) is 11.3. The summed E-state index contributed by atoms with van der Waals surface area (Å²) in [5, 5.41) is 4.20. The lowest BCUT2D eigenvalue weighted by Crippen LogP contribution is -2.22. The second-order valence-electron chi connectivity index (χ2n) is 8.44. The molecule has 0 bridgehead atoms. The summed E-state index contributed by atoms with van der Waals surface area (Å²) in [5.74, 6) is 0.438. The zero-order valence-corrected chi connectivity index (χ0v) is 18.5. The zero-order chi connectivity index (χ0) is 22.8. The third-order valence-corrected chi connectivity index (χ3v) is 6.04. The number of aryl methyl sites for hydroxylation is 1. The number of pyridine rings is 1. The van der Waals surface area contributed by atoms with E-state index < -0.39 is 0 Å². The third kappa shape index (κ3) is 4.34. The van der Waals surface area contributed by atoms with Crippen molar-refractivity contribution in [2.75, 3.05) is 18.5 Å². The average Bonchev–Trinajstić information content (AvgIpc) is 3.36. The number of fused-ring (bicyclic) bond motifs is 2. The van der Waals surface area contributed by atoms with Crippen molar-refractivity contribution < 1.29 is 14.3 Å². The highest BCUT2D eigenvalue weighted by atomic mass is 16.5. The summed E-state index contributed by atoms with van der Waals surface area (Å²) in [4.78, 5) is 26.1. The van der Waals surface area contributed by atoms with E-state index in [2.05, 4.69) is 5.32 Å². The van der Waals surface area contributed by atoms with Gasteiger partial charge in [-0.2, -0.15) is 0 Å². The topological polar surface area (TPSA) is 69.6 Å². The van der Waals surface area contributed by atoms with Crippen molar-refractivity contribution in [3.8, 4) is 5.75 Å². The van der Waals surface area contributed by atoms with Gasteiger partial charge in [-0.25, -0.2) is 0 Å². The molecule has 0 saturated carbocycles. The van der Waals surface area contributed by atoms with Gasteiger partial charge in [-0.3, -0.25) is 9.59 Å². The molecule has 6 nitrogen and oxygen atoms in total. The summed E-state index contributed by atoms with van der Waals surface area (Å²) in [6, 6.07) is 20.5. The number of nitrogens with one attached hydrogen (secondary N) is 1. The van der Waals surface area contributed by atoms with Crippen molar-refractivity contribution in [2.24, 2.45) is 0 Å². The van der Waals surface area contributed by atoms with Gasteiger partial charge in [-0.05, 0) is 61.7 Å². The van der Waals surface area contributed by atoms with Crippen LogP contribution in [-0.4, -0.2) is 29.8 Å². The molecule has 6 heteroatoms. The summed E-state index contributed by atoms with van der Waals surface area (Å²) in [6.07, 6.45) is 2.13. The molecule has 1 aromatic heterocycles. The van der Waals surface area contributed by atoms with E-state index in [1.165, 1.54) is 0 Å². The average molecular weight is 443 g/mol. The molecule has 168 valence electrons. The molecule has 0 radical (unpaired) electrons. The van der Waals surface area contributed by atoms with Crippen LogP contribution in [0.5, 0.6) is 5.75 Å². The number of carbonyl (C=O) groups is 1. The van der Waals surface area contributed by atoms with Crippen molar-refractivity contribution in [1.29, 1.82) is 0 Å². The highest BCUT2D eigenvalue weighted by molar-refractivity contribution is 5.97. The molecule has 5 rings (SSSR count). The molecule has 1 aliphatic heterocycles. The molecule has 4 aromatic rings. The van der Waals surface area contributed by atoms with Crippen LogP contribution in [0.4, 0.5) is 5.69 Å². The summed E-state index contributed by atoms with van der Waals surface area (Å²) in [6.45, 7) is 3.29. The number of benzene rings is 3. The predicted molar refractivity (Wildman–Crippen MR) is 130 cm³/mol. The summed E-state index contributed by atoms with van der Waals surface area (Å²) in [5.41, 5.74) is 3.11. The third-order valence-electron chi connectivity index (χ3n) is 6.04. The fourth-order valence-corrected chi connectivity index (χ4v) is 4.39. The number of rotatable bonds is 6. The van der Waals surface area contributed by atoms with Crippen LogP contribution in [0.1, 0.15) is 18.4 Å². The number of hydrogen-bond donors (Lipinski definition) is 1. The Kier molecular flexibility index (Phi) is 5.84. The van der Waals surface area contributed by atoms with E-state index in [1.807, 2.05) is 66.1 Å². The van der Waals surface area contributed by atoms with Gasteiger partial charge in [-0.1, -0.05) is 30.3 Å². The fourth-order valence-electron chi connectivity index (χ4n) is 4.39. The van der Waals surface area contributed by atoms with Crippen LogP contribution in [0.2, 0.25) is 0 Å². The molecule has 1 fully saturated rings. The van der Waals surface area contributed by atoms with Gasteiger partial charge in [0.05, 0.1) is 22.8 Å². The van der Waals surface area contributed by atoms with E-state index in [0.717, 1.165) is 36.0 Å². The van der Waals surface area contributed by atoms with Gasteiger partial charge < -0.3 is 19.4 Å². The highest BCUT2D eigenvalue weighted by Gasteiger charge is 2.18. The van der Waals surface area contributed by atoms with E-state index in [9.17, 15) is 9.59 Å². The number of hydrogen-bond acceptors (Lipinski definition) is 4. The minimum Gasteiger partial charge on any atom is -0.489 e. The van der Waals surface area contributed by atoms with Gasteiger partial charge in [0.15, 0.2) is 5.43 Å². The number of carbonyl (C=O) groups excluding carboxylic acids is 1. The van der Waals surface area contributed by atoms with E-state index in [1.54, 1.807) is 12.1 Å².